The third kappa shape index (κ3) is 1.52. The summed E-state index contributed by atoms with van der Waals surface area (Å²) in [5, 5.41) is 0. The van der Waals surface area contributed by atoms with Crippen molar-refractivity contribution in [3.63, 3.8) is 0 Å². The zero-order valence-corrected chi connectivity index (χ0v) is 7.47. The van der Waals surface area contributed by atoms with E-state index < -0.39 is 0 Å². The molecule has 3 nitrogen and oxygen atoms in total. The highest BCUT2D eigenvalue weighted by atomic mass is 32.1. The Kier molecular flexibility index (Phi) is 2.46. The molecule has 0 aromatic heterocycles. The van der Waals surface area contributed by atoms with E-state index >= 15 is 0 Å². The highest BCUT2D eigenvalue weighted by molar-refractivity contribution is 7.79. The van der Waals surface area contributed by atoms with Crippen LogP contribution >= 0.6 is 12.8 Å². The smallest absolute Gasteiger partial charge is 0.0905 e. The van der Waals surface area contributed by atoms with Gasteiger partial charge in [-0.05, 0) is 32.2 Å². The van der Waals surface area contributed by atoms with Crippen molar-refractivity contribution >= 4 is 24.2 Å². The molecule has 1 aliphatic heterocycles. The van der Waals surface area contributed by atoms with Gasteiger partial charge >= 0.3 is 0 Å². The molecule has 0 spiro atoms. The van der Waals surface area contributed by atoms with Crippen LogP contribution < -0.4 is 5.73 Å². The predicted octanol–water partition coefficient (Wildman–Crippen LogP) is 0.978. The number of nitrogens with zero attached hydrogens (tertiary/aromatic N) is 2. The lowest BCUT2D eigenvalue weighted by molar-refractivity contribution is 0.987. The molecule has 0 saturated carbocycles. The molecule has 1 rings (SSSR count). The van der Waals surface area contributed by atoms with Crippen LogP contribution in [0.15, 0.2) is 21.2 Å². The van der Waals surface area contributed by atoms with E-state index in [2.05, 4.69) is 22.2 Å². The fraction of sp³-hybridized carbons (Fsp3) is 0.429. The monoisotopic (exact) mass is 169 g/mol. The number of hydrogen-bond acceptors (Lipinski definition) is 4. The minimum absolute atomic E-state index is 0.134. The summed E-state index contributed by atoms with van der Waals surface area (Å²) in [6, 6.07) is -0.134. The SMILES string of the molecule is CC1=CN=C(C)C(=NS)C1N. The maximum Gasteiger partial charge on any atom is 0.0905 e. The molecular weight excluding hydrogens is 158 g/mol. The summed E-state index contributed by atoms with van der Waals surface area (Å²) < 4.78 is 3.77. The van der Waals surface area contributed by atoms with Crippen molar-refractivity contribution in [1.82, 2.24) is 0 Å². The van der Waals surface area contributed by atoms with Crippen LogP contribution in [0, 0.1) is 0 Å². The van der Waals surface area contributed by atoms with Crippen LogP contribution in [0.5, 0.6) is 0 Å². The summed E-state index contributed by atoms with van der Waals surface area (Å²) in [6.45, 7) is 3.80. The molecular formula is C7H11N3S. The fourth-order valence-electron chi connectivity index (χ4n) is 0.920. The van der Waals surface area contributed by atoms with Crippen molar-refractivity contribution in [3.8, 4) is 0 Å². The van der Waals surface area contributed by atoms with Gasteiger partial charge in [0.25, 0.3) is 0 Å². The summed E-state index contributed by atoms with van der Waals surface area (Å²) in [5.41, 5.74) is 8.41. The Morgan fingerprint density at radius 3 is 2.73 bits per heavy atom. The first kappa shape index (κ1) is 8.49. The van der Waals surface area contributed by atoms with E-state index in [1.54, 1.807) is 6.20 Å². The standard InChI is InChI=1S/C7H11N3S/c1-4-3-9-5(2)7(10-11)6(4)8/h3,6,11H,8H2,1-2H3. The Morgan fingerprint density at radius 1 is 1.64 bits per heavy atom. The van der Waals surface area contributed by atoms with E-state index in [1.165, 1.54) is 0 Å². The van der Waals surface area contributed by atoms with E-state index in [4.69, 9.17) is 5.73 Å². The summed E-state index contributed by atoms with van der Waals surface area (Å²) >= 11 is 3.82. The van der Waals surface area contributed by atoms with Crippen molar-refractivity contribution in [2.24, 2.45) is 15.1 Å². The summed E-state index contributed by atoms with van der Waals surface area (Å²) in [5.74, 6) is 0. The second-order valence-electron chi connectivity index (χ2n) is 2.55. The molecule has 4 heteroatoms. The molecule has 1 aliphatic rings. The summed E-state index contributed by atoms with van der Waals surface area (Å²) in [6.07, 6.45) is 1.77. The average Bonchev–Trinajstić information content (AvgIpc) is 1.99. The van der Waals surface area contributed by atoms with Crippen molar-refractivity contribution in [2.75, 3.05) is 0 Å². The summed E-state index contributed by atoms with van der Waals surface area (Å²) in [7, 11) is 0. The number of rotatable bonds is 0. The number of thiol groups is 1. The quantitative estimate of drug-likeness (QED) is 0.522. The minimum Gasteiger partial charge on any atom is -0.319 e. The largest absolute Gasteiger partial charge is 0.319 e. The average molecular weight is 169 g/mol. The van der Waals surface area contributed by atoms with Crippen LogP contribution in [-0.4, -0.2) is 17.5 Å². The van der Waals surface area contributed by atoms with Crippen LogP contribution in [0.2, 0.25) is 0 Å². The van der Waals surface area contributed by atoms with Gasteiger partial charge in [0, 0.05) is 6.20 Å². The molecule has 60 valence electrons. The van der Waals surface area contributed by atoms with Gasteiger partial charge in [0.1, 0.15) is 0 Å². The van der Waals surface area contributed by atoms with E-state index in [0.717, 1.165) is 17.0 Å². The van der Waals surface area contributed by atoms with Gasteiger partial charge < -0.3 is 5.73 Å². The normalized spacial score (nSPS) is 28.4. The van der Waals surface area contributed by atoms with Gasteiger partial charge in [-0.3, -0.25) is 4.99 Å². The Bertz CT molecular complexity index is 252. The molecule has 11 heavy (non-hydrogen) atoms. The van der Waals surface area contributed by atoms with Gasteiger partial charge in [-0.2, -0.15) is 0 Å². The molecule has 1 unspecified atom stereocenters. The van der Waals surface area contributed by atoms with E-state index in [0.29, 0.717) is 0 Å². The molecule has 0 aliphatic carbocycles. The zero-order valence-electron chi connectivity index (χ0n) is 6.57. The van der Waals surface area contributed by atoms with E-state index in [-0.39, 0.29) is 6.04 Å². The molecule has 0 radical (unpaired) electrons. The van der Waals surface area contributed by atoms with Gasteiger partial charge in [0.15, 0.2) is 0 Å². The third-order valence-electron chi connectivity index (χ3n) is 1.73. The maximum atomic E-state index is 5.79. The zero-order chi connectivity index (χ0) is 8.43. The van der Waals surface area contributed by atoms with Gasteiger partial charge in [-0.25, -0.2) is 4.40 Å². The van der Waals surface area contributed by atoms with Crippen LogP contribution in [0.1, 0.15) is 13.8 Å². The number of hydrogen-bond donors (Lipinski definition) is 2. The second kappa shape index (κ2) is 3.19. The Morgan fingerprint density at radius 2 is 2.27 bits per heavy atom. The number of nitrogens with two attached hydrogens (primary N) is 1. The molecule has 2 N–H and O–H groups in total. The first-order valence-electron chi connectivity index (χ1n) is 3.35. The predicted molar refractivity (Wildman–Crippen MR) is 51.3 cm³/mol. The Labute approximate surface area is 71.7 Å². The molecule has 1 heterocycles. The lowest BCUT2D eigenvalue weighted by atomic mass is 10.0. The van der Waals surface area contributed by atoms with Gasteiger partial charge in [0.05, 0.1) is 17.5 Å². The fourth-order valence-corrected chi connectivity index (χ4v) is 1.19. The van der Waals surface area contributed by atoms with Gasteiger partial charge in [0.2, 0.25) is 0 Å². The van der Waals surface area contributed by atoms with Crippen molar-refractivity contribution < 1.29 is 0 Å². The topological polar surface area (TPSA) is 50.7 Å². The molecule has 0 amide bonds. The third-order valence-corrected chi connectivity index (χ3v) is 1.94. The first-order valence-corrected chi connectivity index (χ1v) is 3.75. The minimum atomic E-state index is -0.134. The van der Waals surface area contributed by atoms with Crippen molar-refractivity contribution in [2.45, 2.75) is 19.9 Å². The molecule has 0 saturated heterocycles. The molecule has 0 aromatic rings. The van der Waals surface area contributed by atoms with Crippen LogP contribution in [0.4, 0.5) is 0 Å². The number of aliphatic imine (C=N–C) groups is 1. The van der Waals surface area contributed by atoms with Gasteiger partial charge in [-0.15, -0.1) is 0 Å². The van der Waals surface area contributed by atoms with Crippen LogP contribution in [0.25, 0.3) is 0 Å². The second-order valence-corrected chi connectivity index (χ2v) is 2.75. The van der Waals surface area contributed by atoms with Crippen molar-refractivity contribution in [3.05, 3.63) is 11.8 Å². The summed E-state index contributed by atoms with van der Waals surface area (Å²) in [4.78, 5) is 4.11. The Balaban J connectivity index is 3.03. The molecule has 0 aromatic carbocycles. The molecule has 0 bridgehead atoms. The van der Waals surface area contributed by atoms with Gasteiger partial charge in [-0.1, -0.05) is 0 Å². The Hall–Kier alpha value is -0.610. The molecule has 1 atom stereocenters. The molecule has 0 fully saturated rings. The van der Waals surface area contributed by atoms with Crippen molar-refractivity contribution in [1.29, 1.82) is 0 Å². The highest BCUT2D eigenvalue weighted by Gasteiger charge is 2.18. The maximum absolute atomic E-state index is 5.79. The highest BCUT2D eigenvalue weighted by Crippen LogP contribution is 2.09. The lowest BCUT2D eigenvalue weighted by Gasteiger charge is -2.17. The van der Waals surface area contributed by atoms with Crippen LogP contribution in [-0.2, 0) is 0 Å². The van der Waals surface area contributed by atoms with E-state index in [9.17, 15) is 0 Å². The van der Waals surface area contributed by atoms with E-state index in [1.807, 2.05) is 13.8 Å². The first-order chi connectivity index (χ1) is 5.16. The van der Waals surface area contributed by atoms with Crippen LogP contribution in [0.3, 0.4) is 0 Å². The lowest BCUT2D eigenvalue weighted by Crippen LogP contribution is -2.37.